The van der Waals surface area contributed by atoms with Crippen LogP contribution in [0.25, 0.3) is 10.8 Å². The van der Waals surface area contributed by atoms with Gasteiger partial charge in [-0.1, -0.05) is 11.8 Å². The van der Waals surface area contributed by atoms with Crippen LogP contribution >= 0.6 is 23.1 Å². The number of rotatable bonds is 7. The number of aromatic nitrogens is 3. The molecule has 0 aromatic carbocycles. The van der Waals surface area contributed by atoms with Crippen LogP contribution in [0.1, 0.15) is 29.4 Å². The fraction of sp³-hybridized carbons (Fsp3) is 0.316. The van der Waals surface area contributed by atoms with E-state index in [9.17, 15) is 9.59 Å². The summed E-state index contributed by atoms with van der Waals surface area (Å²) in [5.41, 5.74) is 1.47. The number of carbonyl (C=O) groups is 2. The van der Waals surface area contributed by atoms with E-state index in [-0.39, 0.29) is 17.9 Å². The van der Waals surface area contributed by atoms with Crippen molar-refractivity contribution in [1.29, 1.82) is 0 Å². The molecule has 0 radical (unpaired) electrons. The number of carbonyl (C=O) groups excluding carboxylic acids is 2. The van der Waals surface area contributed by atoms with E-state index in [1.807, 2.05) is 13.8 Å². The monoisotopic (exact) mass is 461 g/mol. The summed E-state index contributed by atoms with van der Waals surface area (Å²) < 4.78 is 16.4. The minimum Gasteiger partial charge on any atom is -0.467 e. The summed E-state index contributed by atoms with van der Waals surface area (Å²) in [5, 5.41) is 14.8. The molecule has 4 heterocycles. The van der Waals surface area contributed by atoms with E-state index in [2.05, 4.69) is 25.8 Å². The zero-order valence-electron chi connectivity index (χ0n) is 16.9. The number of hydrogen-bond acceptors (Lipinski definition) is 10. The van der Waals surface area contributed by atoms with Crippen molar-refractivity contribution >= 4 is 35.1 Å². The molecule has 1 atom stereocenters. The second-order valence-electron chi connectivity index (χ2n) is 6.47. The lowest BCUT2D eigenvalue weighted by Crippen LogP contribution is -2.46. The Hall–Kier alpha value is -3.12. The van der Waals surface area contributed by atoms with E-state index >= 15 is 0 Å². The first kappa shape index (κ1) is 21.1. The minimum absolute atomic E-state index is 0.197. The van der Waals surface area contributed by atoms with Gasteiger partial charge in [-0.15, -0.1) is 21.5 Å². The van der Waals surface area contributed by atoms with Crippen molar-refractivity contribution in [3.63, 3.8) is 0 Å². The van der Waals surface area contributed by atoms with Crippen LogP contribution in [0.2, 0.25) is 0 Å². The van der Waals surface area contributed by atoms with Gasteiger partial charge in [0.05, 0.1) is 29.1 Å². The van der Waals surface area contributed by atoms with Crippen LogP contribution in [-0.2, 0) is 9.53 Å². The predicted octanol–water partition coefficient (Wildman–Crippen LogP) is 3.37. The van der Waals surface area contributed by atoms with Gasteiger partial charge >= 0.3 is 12.0 Å². The van der Waals surface area contributed by atoms with Crippen molar-refractivity contribution in [3.05, 3.63) is 46.1 Å². The van der Waals surface area contributed by atoms with E-state index in [1.54, 1.807) is 19.1 Å². The fourth-order valence-electron chi connectivity index (χ4n) is 3.07. The van der Waals surface area contributed by atoms with Crippen LogP contribution < -0.4 is 10.6 Å². The highest BCUT2D eigenvalue weighted by Crippen LogP contribution is 2.33. The van der Waals surface area contributed by atoms with Crippen molar-refractivity contribution in [2.45, 2.75) is 32.0 Å². The van der Waals surface area contributed by atoms with E-state index in [0.29, 0.717) is 22.6 Å². The molecule has 3 aromatic heterocycles. The molecule has 1 aliphatic heterocycles. The van der Waals surface area contributed by atoms with Gasteiger partial charge in [-0.05, 0) is 32.9 Å². The molecule has 10 nitrogen and oxygen atoms in total. The summed E-state index contributed by atoms with van der Waals surface area (Å²) in [6.07, 6.45) is 1.48. The minimum atomic E-state index is -0.764. The average molecular weight is 462 g/mol. The van der Waals surface area contributed by atoms with Crippen LogP contribution in [-0.4, -0.2) is 39.5 Å². The third-order valence-corrected chi connectivity index (χ3v) is 6.23. The third kappa shape index (κ3) is 4.49. The molecular weight excluding hydrogens is 442 g/mol. The highest BCUT2D eigenvalue weighted by atomic mass is 32.2. The molecule has 0 fully saturated rings. The molecule has 0 spiro atoms. The van der Waals surface area contributed by atoms with Crippen LogP contribution in [0.15, 0.2) is 43.7 Å². The Bertz CT molecular complexity index is 1130. The Balaban J connectivity index is 1.60. The second-order valence-corrected chi connectivity index (χ2v) is 8.60. The molecular formula is C19H19N5O5S2. The van der Waals surface area contributed by atoms with Crippen molar-refractivity contribution in [2.24, 2.45) is 0 Å². The molecule has 2 amide bonds. The van der Waals surface area contributed by atoms with Gasteiger partial charge in [0, 0.05) is 11.4 Å². The Kier molecular flexibility index (Phi) is 6.09. The van der Waals surface area contributed by atoms with E-state index in [0.717, 1.165) is 15.6 Å². The van der Waals surface area contributed by atoms with Crippen LogP contribution in [0.4, 0.5) is 4.79 Å². The normalized spacial score (nSPS) is 16.2. The summed E-state index contributed by atoms with van der Waals surface area (Å²) in [6, 6.07) is 2.15. The summed E-state index contributed by atoms with van der Waals surface area (Å²) in [5.74, 6) is 0.472. The smallest absolute Gasteiger partial charge is 0.338 e. The van der Waals surface area contributed by atoms with Crippen molar-refractivity contribution in [2.75, 3.05) is 12.4 Å². The first-order valence-electron chi connectivity index (χ1n) is 9.38. The average Bonchev–Trinajstić information content (AvgIpc) is 3.47. The van der Waals surface area contributed by atoms with Crippen LogP contribution in [0.5, 0.6) is 0 Å². The molecule has 3 aromatic rings. The molecule has 0 aliphatic carbocycles. The number of thiazole rings is 1. The lowest BCUT2D eigenvalue weighted by atomic mass is 10.0. The van der Waals surface area contributed by atoms with Gasteiger partial charge in [-0.25, -0.2) is 14.6 Å². The number of nitrogens with one attached hydrogen (secondary N) is 2. The number of amides is 2. The number of thioether (sulfide) groups is 1. The first-order valence-corrected chi connectivity index (χ1v) is 11.2. The lowest BCUT2D eigenvalue weighted by molar-refractivity contribution is -0.139. The highest BCUT2D eigenvalue weighted by molar-refractivity contribution is 7.99. The standard InChI is InChI=1S/C19H19N5O5S2/c1-4-27-17(25)13-11(21-18(26)22-14(13)12-6-5-7-28-12)8-30-19-24-23-16(29-19)15-9(2)20-10(3)31-15/h5-7,14H,4,8H2,1-3H3,(H2,21,22,26). The molecule has 31 heavy (non-hydrogen) atoms. The van der Waals surface area contributed by atoms with Gasteiger partial charge in [0.1, 0.15) is 16.7 Å². The molecule has 162 valence electrons. The predicted molar refractivity (Wildman–Crippen MR) is 112 cm³/mol. The number of furan rings is 1. The summed E-state index contributed by atoms with van der Waals surface area (Å²) in [7, 11) is 0. The highest BCUT2D eigenvalue weighted by Gasteiger charge is 2.35. The number of esters is 1. The second kappa shape index (κ2) is 8.94. The zero-order valence-corrected chi connectivity index (χ0v) is 18.6. The van der Waals surface area contributed by atoms with Crippen molar-refractivity contribution < 1.29 is 23.2 Å². The number of nitrogens with zero attached hydrogens (tertiary/aromatic N) is 3. The number of aryl methyl sites for hydroxylation is 2. The van der Waals surface area contributed by atoms with E-state index < -0.39 is 18.0 Å². The van der Waals surface area contributed by atoms with Gasteiger partial charge in [-0.2, -0.15) is 0 Å². The van der Waals surface area contributed by atoms with Crippen molar-refractivity contribution in [1.82, 2.24) is 25.8 Å². The van der Waals surface area contributed by atoms with Gasteiger partial charge in [-0.3, -0.25) is 0 Å². The maximum atomic E-state index is 12.7. The molecule has 2 N–H and O–H groups in total. The molecule has 0 bridgehead atoms. The molecule has 1 aliphatic rings. The quantitative estimate of drug-likeness (QED) is 0.401. The molecule has 1 unspecified atom stereocenters. The Morgan fingerprint density at radius 3 is 2.87 bits per heavy atom. The molecule has 0 saturated carbocycles. The summed E-state index contributed by atoms with van der Waals surface area (Å²) in [4.78, 5) is 30.1. The van der Waals surface area contributed by atoms with Gasteiger partial charge in [0.2, 0.25) is 0 Å². The van der Waals surface area contributed by atoms with Crippen LogP contribution in [0, 0.1) is 13.8 Å². The fourth-order valence-corrected chi connectivity index (χ4v) is 4.65. The number of hydrogen-bond donors (Lipinski definition) is 2. The number of ether oxygens (including phenoxy) is 1. The lowest BCUT2D eigenvalue weighted by Gasteiger charge is -2.27. The van der Waals surface area contributed by atoms with Gasteiger partial charge < -0.3 is 24.2 Å². The van der Waals surface area contributed by atoms with Crippen LogP contribution in [0.3, 0.4) is 0 Å². The first-order chi connectivity index (χ1) is 15.0. The SMILES string of the molecule is CCOC(=O)C1=C(CSc2nnc(-c3sc(C)nc3C)o2)NC(=O)NC1c1ccco1. The maximum Gasteiger partial charge on any atom is 0.338 e. The van der Waals surface area contributed by atoms with Crippen molar-refractivity contribution in [3.8, 4) is 10.8 Å². The van der Waals surface area contributed by atoms with E-state index in [1.165, 1.54) is 29.4 Å². The Morgan fingerprint density at radius 2 is 2.19 bits per heavy atom. The number of urea groups is 1. The topological polar surface area (TPSA) is 132 Å². The summed E-state index contributed by atoms with van der Waals surface area (Å²) in [6.45, 7) is 5.70. The van der Waals surface area contributed by atoms with Gasteiger partial charge in [0.25, 0.3) is 11.1 Å². The molecule has 4 rings (SSSR count). The maximum absolute atomic E-state index is 12.7. The summed E-state index contributed by atoms with van der Waals surface area (Å²) >= 11 is 2.67. The molecule has 12 heteroatoms. The Morgan fingerprint density at radius 1 is 1.35 bits per heavy atom. The largest absolute Gasteiger partial charge is 0.467 e. The molecule has 0 saturated heterocycles. The Labute approximate surface area is 185 Å². The van der Waals surface area contributed by atoms with Gasteiger partial charge in [0.15, 0.2) is 0 Å². The zero-order chi connectivity index (χ0) is 22.0. The third-order valence-electron chi connectivity index (χ3n) is 4.32. The van der Waals surface area contributed by atoms with E-state index in [4.69, 9.17) is 13.6 Å².